The van der Waals surface area contributed by atoms with Gasteiger partial charge in [0.25, 0.3) is 11.8 Å². The fraction of sp³-hybridized carbons (Fsp3) is 0.188. The molecule has 6 nitrogen and oxygen atoms in total. The second kappa shape index (κ2) is 11.4. The van der Waals surface area contributed by atoms with Crippen molar-refractivity contribution in [3.05, 3.63) is 124 Å². The van der Waals surface area contributed by atoms with Gasteiger partial charge in [0.1, 0.15) is 0 Å². The normalized spacial score (nSPS) is 17.2. The summed E-state index contributed by atoms with van der Waals surface area (Å²) in [4.78, 5) is 34.3. The Labute approximate surface area is 241 Å². The Morgan fingerprint density at radius 2 is 1.48 bits per heavy atom. The van der Waals surface area contributed by atoms with E-state index in [0.717, 1.165) is 25.2 Å². The number of rotatable bonds is 5. The minimum absolute atomic E-state index is 0.0927. The molecular weight excluding hydrogens is 542 g/mol. The van der Waals surface area contributed by atoms with E-state index in [9.17, 15) is 13.8 Å². The number of carbonyl (C=O) groups excluding carboxylic acids is 2. The van der Waals surface area contributed by atoms with E-state index in [1.54, 1.807) is 53.4 Å². The maximum absolute atomic E-state index is 13.9. The van der Waals surface area contributed by atoms with E-state index in [-0.39, 0.29) is 18.4 Å². The summed E-state index contributed by atoms with van der Waals surface area (Å²) < 4.78 is 13.7. The molecule has 0 aliphatic carbocycles. The molecule has 40 heavy (non-hydrogen) atoms. The van der Waals surface area contributed by atoms with Crippen molar-refractivity contribution in [2.24, 2.45) is 0 Å². The molecule has 8 heteroatoms. The number of piperazine rings is 1. The molecule has 0 radical (unpaired) electrons. The number of halogens is 1. The van der Waals surface area contributed by atoms with E-state index in [1.807, 2.05) is 41.3 Å². The average molecular weight is 570 g/mol. The minimum Gasteiger partial charge on any atom is -0.336 e. The lowest BCUT2D eigenvalue weighted by molar-refractivity contribution is 0.0628. The fourth-order valence-electron chi connectivity index (χ4n) is 5.30. The van der Waals surface area contributed by atoms with E-state index in [2.05, 4.69) is 17.0 Å². The van der Waals surface area contributed by atoms with Crippen LogP contribution in [0.2, 0.25) is 5.02 Å². The maximum Gasteiger partial charge on any atom is 0.259 e. The van der Waals surface area contributed by atoms with Crippen molar-refractivity contribution in [3.63, 3.8) is 0 Å². The molecule has 1 saturated heterocycles. The summed E-state index contributed by atoms with van der Waals surface area (Å²) in [6.45, 7) is 3.88. The first-order valence-corrected chi connectivity index (χ1v) is 14.8. The molecule has 1 atom stereocenters. The number of benzene rings is 4. The van der Waals surface area contributed by atoms with Gasteiger partial charge in [-0.05, 0) is 53.6 Å². The van der Waals surface area contributed by atoms with E-state index < -0.39 is 10.8 Å². The molecule has 2 heterocycles. The number of hydrogen-bond acceptors (Lipinski definition) is 4. The smallest absolute Gasteiger partial charge is 0.259 e. The summed E-state index contributed by atoms with van der Waals surface area (Å²) in [5, 5.41) is 0.569. The first-order chi connectivity index (χ1) is 19.5. The zero-order chi connectivity index (χ0) is 27.6. The summed E-state index contributed by atoms with van der Waals surface area (Å²) in [5.41, 5.74) is 3.44. The molecule has 2 aliphatic rings. The molecule has 4 aromatic rings. The zero-order valence-corrected chi connectivity index (χ0v) is 23.4. The number of carbonyl (C=O) groups is 2. The van der Waals surface area contributed by atoms with Gasteiger partial charge in [0.15, 0.2) is 0 Å². The SMILES string of the molecule is O=C(c1ccc2c(c1)N(Cc1cccc(Cl)c1)C(=O)c1ccccc1[S@@]2=O)N1CCN(Cc2ccccc2)CC1. The molecular formula is C32H28ClN3O3S. The van der Waals surface area contributed by atoms with Crippen LogP contribution >= 0.6 is 11.6 Å². The highest BCUT2D eigenvalue weighted by molar-refractivity contribution is 7.85. The number of hydrogen-bond donors (Lipinski definition) is 0. The summed E-state index contributed by atoms with van der Waals surface area (Å²) >= 11 is 6.24. The Morgan fingerprint density at radius 3 is 2.25 bits per heavy atom. The molecule has 0 unspecified atom stereocenters. The predicted molar refractivity (Wildman–Crippen MR) is 157 cm³/mol. The van der Waals surface area contributed by atoms with Crippen molar-refractivity contribution in [1.29, 1.82) is 0 Å². The lowest BCUT2D eigenvalue weighted by Crippen LogP contribution is -2.48. The van der Waals surface area contributed by atoms with Crippen LogP contribution in [0.5, 0.6) is 0 Å². The molecule has 2 amide bonds. The highest BCUT2D eigenvalue weighted by Gasteiger charge is 2.32. The fourth-order valence-corrected chi connectivity index (χ4v) is 6.86. The Morgan fingerprint density at radius 1 is 0.750 bits per heavy atom. The van der Waals surface area contributed by atoms with Gasteiger partial charge in [-0.3, -0.25) is 14.5 Å². The van der Waals surface area contributed by atoms with Gasteiger partial charge in [-0.1, -0.05) is 66.2 Å². The first-order valence-electron chi connectivity index (χ1n) is 13.2. The van der Waals surface area contributed by atoms with E-state index in [4.69, 9.17) is 11.6 Å². The molecule has 0 spiro atoms. The Bertz CT molecular complexity index is 1600. The minimum atomic E-state index is -1.58. The summed E-state index contributed by atoms with van der Waals surface area (Å²) in [5.74, 6) is -0.355. The third-order valence-electron chi connectivity index (χ3n) is 7.40. The lowest BCUT2D eigenvalue weighted by atomic mass is 10.1. The van der Waals surface area contributed by atoms with Crippen molar-refractivity contribution in [2.75, 3.05) is 31.1 Å². The van der Waals surface area contributed by atoms with Crippen LogP contribution in [-0.2, 0) is 23.9 Å². The van der Waals surface area contributed by atoms with Crippen LogP contribution in [0.3, 0.4) is 0 Å². The number of amides is 2. The number of fused-ring (bicyclic) bond motifs is 2. The summed E-state index contributed by atoms with van der Waals surface area (Å²) in [7, 11) is -1.58. The third kappa shape index (κ3) is 5.32. The van der Waals surface area contributed by atoms with Crippen LogP contribution in [0, 0.1) is 0 Å². The summed E-state index contributed by atoms with van der Waals surface area (Å²) in [6, 6.07) is 29.8. The van der Waals surface area contributed by atoms with Crippen LogP contribution in [0.25, 0.3) is 0 Å². The van der Waals surface area contributed by atoms with E-state index in [1.165, 1.54) is 5.56 Å². The van der Waals surface area contributed by atoms with Crippen molar-refractivity contribution >= 4 is 39.9 Å². The first kappa shape index (κ1) is 26.4. The Hall–Kier alpha value is -3.78. The molecule has 4 aromatic carbocycles. The second-order valence-corrected chi connectivity index (χ2v) is 11.9. The highest BCUT2D eigenvalue weighted by Crippen LogP contribution is 2.36. The molecule has 1 fully saturated rings. The third-order valence-corrected chi connectivity index (χ3v) is 9.13. The molecule has 0 N–H and O–H groups in total. The summed E-state index contributed by atoms with van der Waals surface area (Å²) in [6.07, 6.45) is 0. The van der Waals surface area contributed by atoms with Crippen molar-refractivity contribution in [3.8, 4) is 0 Å². The van der Waals surface area contributed by atoms with Crippen LogP contribution < -0.4 is 4.90 Å². The highest BCUT2D eigenvalue weighted by atomic mass is 35.5. The van der Waals surface area contributed by atoms with Crippen LogP contribution in [0.15, 0.2) is 107 Å². The van der Waals surface area contributed by atoms with Gasteiger partial charge in [-0.15, -0.1) is 0 Å². The van der Waals surface area contributed by atoms with Crippen LogP contribution in [-0.4, -0.2) is 52.0 Å². The largest absolute Gasteiger partial charge is 0.336 e. The van der Waals surface area contributed by atoms with E-state index >= 15 is 0 Å². The average Bonchev–Trinajstić information content (AvgIpc) is 3.07. The zero-order valence-electron chi connectivity index (χ0n) is 21.8. The lowest BCUT2D eigenvalue weighted by Gasteiger charge is -2.35. The van der Waals surface area contributed by atoms with Gasteiger partial charge in [-0.25, -0.2) is 4.21 Å². The van der Waals surface area contributed by atoms with Gasteiger partial charge in [0, 0.05) is 43.3 Å². The molecule has 202 valence electrons. The standard InChI is InChI=1S/C32H28ClN3O3S/c33-26-10-6-9-24(19-26)22-36-28-20-25(13-14-30(28)40(39)29-12-5-4-11-27(29)32(36)38)31(37)35-17-15-34(16-18-35)21-23-7-2-1-3-8-23/h1-14,19-20H,15-18,21-22H2/t40-/m0/s1. The number of nitrogens with zero attached hydrogens (tertiary/aromatic N) is 3. The Balaban J connectivity index is 1.29. The van der Waals surface area contributed by atoms with Crippen molar-refractivity contribution < 1.29 is 13.8 Å². The monoisotopic (exact) mass is 569 g/mol. The molecule has 6 rings (SSSR count). The topological polar surface area (TPSA) is 60.9 Å². The van der Waals surface area contributed by atoms with Crippen molar-refractivity contribution in [2.45, 2.75) is 22.9 Å². The van der Waals surface area contributed by atoms with Gasteiger partial charge in [0.2, 0.25) is 0 Å². The Kier molecular flexibility index (Phi) is 7.52. The molecule has 0 bridgehead atoms. The van der Waals surface area contributed by atoms with E-state index in [0.29, 0.717) is 44.7 Å². The molecule has 0 aromatic heterocycles. The molecule has 0 saturated carbocycles. The van der Waals surface area contributed by atoms with Gasteiger partial charge in [-0.2, -0.15) is 0 Å². The quantitative estimate of drug-likeness (QED) is 0.313. The second-order valence-electron chi connectivity index (χ2n) is 10.0. The maximum atomic E-state index is 13.9. The van der Waals surface area contributed by atoms with Crippen LogP contribution in [0.1, 0.15) is 31.8 Å². The molecule has 2 aliphatic heterocycles. The van der Waals surface area contributed by atoms with Crippen molar-refractivity contribution in [1.82, 2.24) is 9.80 Å². The number of anilines is 1. The predicted octanol–water partition coefficient (Wildman–Crippen LogP) is 5.63. The van der Waals surface area contributed by atoms with Crippen LogP contribution in [0.4, 0.5) is 5.69 Å². The van der Waals surface area contributed by atoms with Gasteiger partial charge in [0.05, 0.1) is 38.4 Å². The van der Waals surface area contributed by atoms with Gasteiger partial charge >= 0.3 is 0 Å². The van der Waals surface area contributed by atoms with Gasteiger partial charge < -0.3 is 9.80 Å².